The third-order valence-corrected chi connectivity index (χ3v) is 1.96. The molecule has 0 aromatic carbocycles. The summed E-state index contributed by atoms with van der Waals surface area (Å²) in [6.07, 6.45) is -0.709. The first-order valence-electron chi connectivity index (χ1n) is 4.09. The zero-order valence-corrected chi connectivity index (χ0v) is 7.03. The van der Waals surface area contributed by atoms with Crippen molar-refractivity contribution in [1.29, 1.82) is 0 Å². The quantitative estimate of drug-likeness (QED) is 0.604. The van der Waals surface area contributed by atoms with Crippen molar-refractivity contribution in [2.75, 3.05) is 6.61 Å². The summed E-state index contributed by atoms with van der Waals surface area (Å²) < 4.78 is 5.19. The van der Waals surface area contributed by atoms with Crippen LogP contribution in [-0.4, -0.2) is 35.1 Å². The summed E-state index contributed by atoms with van der Waals surface area (Å²) in [4.78, 5) is 0. The van der Waals surface area contributed by atoms with Crippen molar-refractivity contribution in [3.63, 3.8) is 0 Å². The van der Waals surface area contributed by atoms with E-state index in [-0.39, 0.29) is 12.7 Å². The van der Waals surface area contributed by atoms with Gasteiger partial charge in [0.05, 0.1) is 12.7 Å². The average Bonchev–Trinajstić information content (AvgIpc) is 2.18. The summed E-state index contributed by atoms with van der Waals surface area (Å²) in [6.45, 7) is 4.42. The molecular weight excluding hydrogens is 144 g/mol. The average molecular weight is 160 g/mol. The molecule has 2 N–H and O–H groups in total. The summed E-state index contributed by atoms with van der Waals surface area (Å²) in [5, 5.41) is 18.4. The molecule has 0 aromatic rings. The van der Waals surface area contributed by atoms with Crippen LogP contribution in [0, 0.1) is 5.92 Å². The topological polar surface area (TPSA) is 49.7 Å². The zero-order valence-electron chi connectivity index (χ0n) is 7.03. The Balaban J connectivity index is 2.36. The highest BCUT2D eigenvalue weighted by Crippen LogP contribution is 2.20. The van der Waals surface area contributed by atoms with E-state index in [1.807, 2.05) is 0 Å². The van der Waals surface area contributed by atoms with E-state index in [2.05, 4.69) is 13.8 Å². The summed E-state index contributed by atoms with van der Waals surface area (Å²) in [7, 11) is 0. The van der Waals surface area contributed by atoms with E-state index in [0.717, 1.165) is 6.42 Å². The fraction of sp³-hybridized carbons (Fsp3) is 1.00. The SMILES string of the molecule is CC(C)CC1OCC(O)C1O. The van der Waals surface area contributed by atoms with E-state index in [0.29, 0.717) is 5.92 Å². The Morgan fingerprint density at radius 2 is 2.09 bits per heavy atom. The van der Waals surface area contributed by atoms with Crippen molar-refractivity contribution >= 4 is 0 Å². The molecular formula is C8H16O3. The van der Waals surface area contributed by atoms with E-state index >= 15 is 0 Å². The molecule has 0 aromatic heterocycles. The Morgan fingerprint density at radius 1 is 1.45 bits per heavy atom. The minimum Gasteiger partial charge on any atom is -0.388 e. The van der Waals surface area contributed by atoms with Gasteiger partial charge < -0.3 is 14.9 Å². The molecule has 3 unspecified atom stereocenters. The second-order valence-corrected chi connectivity index (χ2v) is 3.56. The number of aliphatic hydroxyl groups excluding tert-OH is 2. The molecule has 0 aliphatic carbocycles. The minimum atomic E-state index is -0.683. The summed E-state index contributed by atoms with van der Waals surface area (Å²) in [6, 6.07) is 0. The van der Waals surface area contributed by atoms with Crippen molar-refractivity contribution in [1.82, 2.24) is 0 Å². The second kappa shape index (κ2) is 3.52. The Morgan fingerprint density at radius 3 is 2.45 bits per heavy atom. The molecule has 1 aliphatic heterocycles. The monoisotopic (exact) mass is 160 g/mol. The smallest absolute Gasteiger partial charge is 0.108 e. The number of aliphatic hydroxyl groups is 2. The van der Waals surface area contributed by atoms with Crippen LogP contribution in [0.5, 0.6) is 0 Å². The van der Waals surface area contributed by atoms with E-state index in [1.165, 1.54) is 0 Å². The highest BCUT2D eigenvalue weighted by molar-refractivity contribution is 4.83. The normalized spacial score (nSPS) is 38.5. The molecule has 3 heteroatoms. The number of ether oxygens (including phenoxy) is 1. The van der Waals surface area contributed by atoms with Crippen LogP contribution in [0.25, 0.3) is 0 Å². The Hall–Kier alpha value is -0.120. The molecule has 1 rings (SSSR count). The maximum absolute atomic E-state index is 9.33. The molecule has 1 fully saturated rings. The lowest BCUT2D eigenvalue weighted by Gasteiger charge is -2.16. The molecule has 0 radical (unpaired) electrons. The molecule has 3 atom stereocenters. The van der Waals surface area contributed by atoms with Crippen molar-refractivity contribution in [3.05, 3.63) is 0 Å². The third kappa shape index (κ3) is 2.15. The predicted octanol–water partition coefficient (Wildman–Crippen LogP) is 0.153. The molecule has 66 valence electrons. The van der Waals surface area contributed by atoms with Crippen LogP contribution in [0.4, 0.5) is 0 Å². The first-order chi connectivity index (χ1) is 5.11. The van der Waals surface area contributed by atoms with Gasteiger partial charge in [0.15, 0.2) is 0 Å². The Bertz CT molecular complexity index is 125. The van der Waals surface area contributed by atoms with Crippen LogP contribution in [0.3, 0.4) is 0 Å². The zero-order chi connectivity index (χ0) is 8.43. The molecule has 0 saturated carbocycles. The van der Waals surface area contributed by atoms with Crippen molar-refractivity contribution in [3.8, 4) is 0 Å². The first kappa shape index (κ1) is 8.97. The van der Waals surface area contributed by atoms with Gasteiger partial charge in [-0.1, -0.05) is 13.8 Å². The van der Waals surface area contributed by atoms with E-state index in [1.54, 1.807) is 0 Å². The second-order valence-electron chi connectivity index (χ2n) is 3.56. The summed E-state index contributed by atoms with van der Waals surface area (Å²) in [5.74, 6) is 0.500. The molecule has 3 nitrogen and oxygen atoms in total. The fourth-order valence-corrected chi connectivity index (χ4v) is 1.34. The maximum atomic E-state index is 9.33. The third-order valence-electron chi connectivity index (χ3n) is 1.96. The van der Waals surface area contributed by atoms with Gasteiger partial charge in [-0.25, -0.2) is 0 Å². The van der Waals surface area contributed by atoms with Crippen molar-refractivity contribution < 1.29 is 14.9 Å². The lowest BCUT2D eigenvalue weighted by molar-refractivity contribution is 0.0137. The largest absolute Gasteiger partial charge is 0.388 e. The van der Waals surface area contributed by atoms with Crippen molar-refractivity contribution in [2.45, 2.75) is 38.6 Å². The predicted molar refractivity (Wildman–Crippen MR) is 41.2 cm³/mol. The van der Waals surface area contributed by atoms with Crippen LogP contribution in [-0.2, 0) is 4.74 Å². The van der Waals surface area contributed by atoms with Gasteiger partial charge in [-0.3, -0.25) is 0 Å². The Kier molecular flexibility index (Phi) is 2.87. The van der Waals surface area contributed by atoms with Gasteiger partial charge in [0.1, 0.15) is 12.2 Å². The van der Waals surface area contributed by atoms with Gasteiger partial charge in [-0.2, -0.15) is 0 Å². The van der Waals surface area contributed by atoms with E-state index in [9.17, 15) is 5.11 Å². The van der Waals surface area contributed by atoms with Crippen LogP contribution in [0.15, 0.2) is 0 Å². The molecule has 1 saturated heterocycles. The van der Waals surface area contributed by atoms with E-state index < -0.39 is 12.2 Å². The van der Waals surface area contributed by atoms with Gasteiger partial charge in [0.2, 0.25) is 0 Å². The van der Waals surface area contributed by atoms with Crippen LogP contribution in [0.2, 0.25) is 0 Å². The van der Waals surface area contributed by atoms with Gasteiger partial charge in [-0.15, -0.1) is 0 Å². The maximum Gasteiger partial charge on any atom is 0.108 e. The van der Waals surface area contributed by atoms with Gasteiger partial charge in [-0.05, 0) is 12.3 Å². The molecule has 1 aliphatic rings. The highest BCUT2D eigenvalue weighted by Gasteiger charge is 2.34. The fourth-order valence-electron chi connectivity index (χ4n) is 1.34. The molecule has 0 bridgehead atoms. The van der Waals surface area contributed by atoms with Gasteiger partial charge >= 0.3 is 0 Å². The molecule has 0 amide bonds. The number of rotatable bonds is 2. The number of hydrogen-bond acceptors (Lipinski definition) is 3. The van der Waals surface area contributed by atoms with E-state index in [4.69, 9.17) is 9.84 Å². The standard InChI is InChI=1S/C8H16O3/c1-5(2)3-7-8(10)6(9)4-11-7/h5-10H,3-4H2,1-2H3. The van der Waals surface area contributed by atoms with Crippen LogP contribution < -0.4 is 0 Å². The Labute approximate surface area is 67.0 Å². The number of hydrogen-bond donors (Lipinski definition) is 2. The van der Waals surface area contributed by atoms with Crippen LogP contribution in [0.1, 0.15) is 20.3 Å². The summed E-state index contributed by atoms with van der Waals surface area (Å²) >= 11 is 0. The van der Waals surface area contributed by atoms with Gasteiger partial charge in [0, 0.05) is 0 Å². The highest BCUT2D eigenvalue weighted by atomic mass is 16.5. The lowest BCUT2D eigenvalue weighted by atomic mass is 10.0. The molecule has 11 heavy (non-hydrogen) atoms. The first-order valence-corrected chi connectivity index (χ1v) is 4.09. The summed E-state index contributed by atoms with van der Waals surface area (Å²) in [5.41, 5.74) is 0. The molecule has 0 spiro atoms. The van der Waals surface area contributed by atoms with Gasteiger partial charge in [0.25, 0.3) is 0 Å². The minimum absolute atomic E-state index is 0.162. The van der Waals surface area contributed by atoms with Crippen molar-refractivity contribution in [2.24, 2.45) is 5.92 Å². The molecule has 1 heterocycles. The lowest BCUT2D eigenvalue weighted by Crippen LogP contribution is -2.30. The van der Waals surface area contributed by atoms with Crippen LogP contribution >= 0.6 is 0 Å².